The summed E-state index contributed by atoms with van der Waals surface area (Å²) < 4.78 is 10.6. The number of fused-ring (bicyclic) bond motifs is 1. The molecule has 2 saturated heterocycles. The number of hydrogen-bond acceptors (Lipinski definition) is 7. The fourth-order valence-corrected chi connectivity index (χ4v) is 4.87. The molecule has 0 bridgehead atoms. The van der Waals surface area contributed by atoms with E-state index in [0.29, 0.717) is 5.69 Å². The number of para-hydroxylation sites is 1. The van der Waals surface area contributed by atoms with Gasteiger partial charge in [0.1, 0.15) is 11.6 Å². The minimum absolute atomic E-state index is 0.0748. The van der Waals surface area contributed by atoms with Crippen molar-refractivity contribution in [3.8, 4) is 0 Å². The number of ether oxygens (including phenoxy) is 2. The molecule has 4 atom stereocenters. The van der Waals surface area contributed by atoms with Crippen molar-refractivity contribution in [2.24, 2.45) is 11.8 Å². The number of imide groups is 1. The Kier molecular flexibility index (Phi) is 6.29. The van der Waals surface area contributed by atoms with E-state index in [4.69, 9.17) is 9.47 Å². The predicted octanol–water partition coefficient (Wildman–Crippen LogP) is 1.87. The predicted molar refractivity (Wildman–Crippen MR) is 119 cm³/mol. The van der Waals surface area contributed by atoms with Crippen LogP contribution in [0.3, 0.4) is 0 Å². The maximum Gasteiger partial charge on any atom is 0.327 e. The number of nitrogens with one attached hydrogen (secondary N) is 1. The van der Waals surface area contributed by atoms with Gasteiger partial charge in [0, 0.05) is 6.42 Å². The van der Waals surface area contributed by atoms with E-state index < -0.39 is 47.2 Å². The van der Waals surface area contributed by atoms with Crippen LogP contribution in [-0.2, 0) is 35.1 Å². The second-order valence-electron chi connectivity index (χ2n) is 8.08. The largest absolute Gasteiger partial charge is 0.465 e. The van der Waals surface area contributed by atoms with Crippen molar-refractivity contribution in [3.63, 3.8) is 0 Å². The fourth-order valence-electron chi connectivity index (χ4n) is 4.87. The molecule has 0 spiro atoms. The van der Waals surface area contributed by atoms with Crippen molar-refractivity contribution in [3.05, 3.63) is 66.2 Å². The zero-order chi connectivity index (χ0) is 23.6. The summed E-state index contributed by atoms with van der Waals surface area (Å²) in [5.41, 5.74) is -0.447. The number of hydrogen-bond donors (Lipinski definition) is 1. The van der Waals surface area contributed by atoms with Crippen LogP contribution in [0, 0.1) is 11.8 Å². The molecule has 2 aromatic carbocycles. The first-order valence-corrected chi connectivity index (χ1v) is 11.0. The van der Waals surface area contributed by atoms with Crippen LogP contribution >= 0.6 is 0 Å². The van der Waals surface area contributed by atoms with Gasteiger partial charge >= 0.3 is 11.9 Å². The van der Waals surface area contributed by atoms with Crippen molar-refractivity contribution >= 4 is 29.4 Å². The minimum atomic E-state index is -1.60. The number of amides is 2. The van der Waals surface area contributed by atoms with E-state index in [1.807, 2.05) is 30.3 Å². The second-order valence-corrected chi connectivity index (χ2v) is 8.08. The molecule has 8 nitrogen and oxygen atoms in total. The van der Waals surface area contributed by atoms with Gasteiger partial charge in [-0.05, 0) is 31.5 Å². The van der Waals surface area contributed by atoms with Crippen LogP contribution in [0.25, 0.3) is 0 Å². The number of anilines is 1. The lowest BCUT2D eigenvalue weighted by molar-refractivity contribution is -0.155. The molecule has 0 aromatic heterocycles. The molecular weight excluding hydrogens is 424 g/mol. The molecule has 2 aliphatic rings. The van der Waals surface area contributed by atoms with Gasteiger partial charge < -0.3 is 9.47 Å². The summed E-state index contributed by atoms with van der Waals surface area (Å²) in [5.74, 6) is -4.65. The molecular formula is C25H26N2O6. The number of nitrogens with zero attached hydrogens (tertiary/aromatic N) is 1. The number of carbonyl (C=O) groups is 4. The molecule has 0 radical (unpaired) electrons. The lowest BCUT2D eigenvalue weighted by Crippen LogP contribution is -2.60. The Bertz CT molecular complexity index is 1060. The molecule has 33 heavy (non-hydrogen) atoms. The summed E-state index contributed by atoms with van der Waals surface area (Å²) >= 11 is 0. The van der Waals surface area contributed by atoms with Gasteiger partial charge in [-0.25, -0.2) is 4.90 Å². The Hall–Kier alpha value is -3.52. The number of rotatable bonds is 7. The van der Waals surface area contributed by atoms with Crippen molar-refractivity contribution in [1.82, 2.24) is 5.32 Å². The summed E-state index contributed by atoms with van der Waals surface area (Å²) in [6.45, 7) is 3.51. The highest BCUT2D eigenvalue weighted by atomic mass is 16.5. The molecule has 0 unspecified atom stereocenters. The van der Waals surface area contributed by atoms with E-state index in [2.05, 4.69) is 5.32 Å². The molecule has 2 aliphatic heterocycles. The summed E-state index contributed by atoms with van der Waals surface area (Å²) in [6, 6.07) is 16.5. The Balaban J connectivity index is 1.85. The molecule has 2 amide bonds. The van der Waals surface area contributed by atoms with E-state index in [1.54, 1.807) is 44.2 Å². The third-order valence-corrected chi connectivity index (χ3v) is 6.17. The van der Waals surface area contributed by atoms with Crippen LogP contribution in [0.2, 0.25) is 0 Å². The number of carbonyl (C=O) groups excluding carboxylic acids is 4. The summed E-state index contributed by atoms with van der Waals surface area (Å²) in [4.78, 5) is 54.7. The standard InChI is InChI=1S/C25H26N2O6/c1-3-32-23(30)20-18-19(22(29)27(21(18)28)17-13-9-6-10-14-17)25(26-20,24(31)33-4-2)15-16-11-7-5-8-12-16/h5-14,18-20,26H,3-4,15H2,1-2H3/t18-,19-,20+,25-/m0/s1. The Morgan fingerprint density at radius 2 is 1.52 bits per heavy atom. The van der Waals surface area contributed by atoms with Crippen LogP contribution in [0.1, 0.15) is 19.4 Å². The van der Waals surface area contributed by atoms with E-state index in [1.165, 1.54) is 0 Å². The van der Waals surface area contributed by atoms with E-state index in [9.17, 15) is 19.2 Å². The quantitative estimate of drug-likeness (QED) is 0.508. The maximum atomic E-state index is 13.7. The summed E-state index contributed by atoms with van der Waals surface area (Å²) in [6.07, 6.45) is 0.0748. The molecule has 0 aliphatic carbocycles. The Labute approximate surface area is 191 Å². The van der Waals surface area contributed by atoms with Crippen molar-refractivity contribution in [2.75, 3.05) is 18.1 Å². The number of esters is 2. The molecule has 172 valence electrons. The zero-order valence-electron chi connectivity index (χ0n) is 18.5. The normalized spacial score (nSPS) is 26.2. The average molecular weight is 450 g/mol. The summed E-state index contributed by atoms with van der Waals surface area (Å²) in [5, 5.41) is 3.04. The van der Waals surface area contributed by atoms with Crippen molar-refractivity contribution < 1.29 is 28.7 Å². The van der Waals surface area contributed by atoms with Gasteiger partial charge in [-0.2, -0.15) is 0 Å². The van der Waals surface area contributed by atoms with Gasteiger partial charge in [-0.15, -0.1) is 0 Å². The molecule has 2 aromatic rings. The second kappa shape index (κ2) is 9.15. The average Bonchev–Trinajstić information content (AvgIpc) is 3.30. The smallest absolute Gasteiger partial charge is 0.327 e. The zero-order valence-corrected chi connectivity index (χ0v) is 18.5. The van der Waals surface area contributed by atoms with Crippen LogP contribution in [-0.4, -0.2) is 48.5 Å². The van der Waals surface area contributed by atoms with Gasteiger partial charge in [0.15, 0.2) is 0 Å². The SMILES string of the molecule is CCOC(=O)[C@@H]1N[C@](Cc2ccccc2)(C(=O)OCC)[C@@H]2C(=O)N(c3ccccc3)C(=O)[C@@H]21. The van der Waals surface area contributed by atoms with E-state index in [0.717, 1.165) is 10.5 Å². The van der Waals surface area contributed by atoms with Crippen molar-refractivity contribution in [2.45, 2.75) is 31.8 Å². The first-order chi connectivity index (χ1) is 15.9. The highest BCUT2D eigenvalue weighted by Gasteiger charge is 2.70. The van der Waals surface area contributed by atoms with Gasteiger partial charge in [-0.3, -0.25) is 24.5 Å². The highest BCUT2D eigenvalue weighted by Crippen LogP contribution is 2.46. The summed E-state index contributed by atoms with van der Waals surface area (Å²) in [7, 11) is 0. The highest BCUT2D eigenvalue weighted by molar-refractivity contribution is 6.25. The first-order valence-electron chi connectivity index (χ1n) is 11.0. The third kappa shape index (κ3) is 3.80. The maximum absolute atomic E-state index is 13.7. The van der Waals surface area contributed by atoms with Crippen LogP contribution in [0.5, 0.6) is 0 Å². The van der Waals surface area contributed by atoms with Crippen molar-refractivity contribution in [1.29, 1.82) is 0 Å². The Morgan fingerprint density at radius 1 is 0.909 bits per heavy atom. The van der Waals surface area contributed by atoms with Gasteiger partial charge in [0.05, 0.1) is 30.7 Å². The fraction of sp³-hybridized carbons (Fsp3) is 0.360. The molecule has 8 heteroatoms. The van der Waals surface area contributed by atoms with E-state index >= 15 is 0 Å². The van der Waals surface area contributed by atoms with Crippen LogP contribution < -0.4 is 10.2 Å². The number of benzene rings is 2. The monoisotopic (exact) mass is 450 g/mol. The van der Waals surface area contributed by atoms with Gasteiger partial charge in [0.25, 0.3) is 0 Å². The van der Waals surface area contributed by atoms with Gasteiger partial charge in [0.2, 0.25) is 11.8 Å². The topological polar surface area (TPSA) is 102 Å². The lowest BCUT2D eigenvalue weighted by Gasteiger charge is -2.32. The molecule has 2 heterocycles. The van der Waals surface area contributed by atoms with Crippen LogP contribution in [0.15, 0.2) is 60.7 Å². The minimum Gasteiger partial charge on any atom is -0.465 e. The third-order valence-electron chi connectivity index (χ3n) is 6.17. The molecule has 2 fully saturated rings. The van der Waals surface area contributed by atoms with Gasteiger partial charge in [-0.1, -0.05) is 48.5 Å². The first kappa shape index (κ1) is 22.7. The molecule has 0 saturated carbocycles. The molecule has 4 rings (SSSR count). The lowest BCUT2D eigenvalue weighted by atomic mass is 9.76. The molecule has 1 N–H and O–H groups in total. The van der Waals surface area contributed by atoms with E-state index in [-0.39, 0.29) is 19.6 Å². The van der Waals surface area contributed by atoms with Crippen LogP contribution in [0.4, 0.5) is 5.69 Å². The Morgan fingerprint density at radius 3 is 2.12 bits per heavy atom.